The summed E-state index contributed by atoms with van der Waals surface area (Å²) in [5.41, 5.74) is 1.55. The van der Waals surface area contributed by atoms with E-state index in [4.69, 9.17) is 16.3 Å². The maximum atomic E-state index is 15.1. The molecule has 0 saturated carbocycles. The Balaban J connectivity index is 1.66. The lowest BCUT2D eigenvalue weighted by Gasteiger charge is -2.28. The average molecular weight is 621 g/mol. The fourth-order valence-corrected chi connectivity index (χ4v) is 4.85. The normalized spacial score (nSPS) is 15.4. The number of carbonyl (C=O) groups excluding carboxylic acids is 4. The van der Waals surface area contributed by atoms with Gasteiger partial charge in [0.1, 0.15) is 6.04 Å². The van der Waals surface area contributed by atoms with Crippen LogP contribution in [0, 0.1) is 5.92 Å². The van der Waals surface area contributed by atoms with E-state index < -0.39 is 47.4 Å². The van der Waals surface area contributed by atoms with Gasteiger partial charge >= 0.3 is 5.92 Å². The molecular formula is C31H39ClF2N4O5. The summed E-state index contributed by atoms with van der Waals surface area (Å²) in [7, 11) is 0. The lowest BCUT2D eigenvalue weighted by atomic mass is 9.94. The highest BCUT2D eigenvalue weighted by atomic mass is 35.5. The number of aryl methyl sites for hydroxylation is 1. The van der Waals surface area contributed by atoms with Crippen LogP contribution in [0.5, 0.6) is 0 Å². The van der Waals surface area contributed by atoms with Crippen molar-refractivity contribution in [3.05, 3.63) is 70.7 Å². The summed E-state index contributed by atoms with van der Waals surface area (Å²) < 4.78 is 35.4. The molecule has 1 saturated heterocycles. The molecule has 0 aromatic heterocycles. The first-order valence-corrected chi connectivity index (χ1v) is 14.7. The van der Waals surface area contributed by atoms with E-state index in [-0.39, 0.29) is 19.4 Å². The van der Waals surface area contributed by atoms with Crippen LogP contribution in [-0.2, 0) is 36.8 Å². The topological polar surface area (TPSA) is 117 Å². The SMILES string of the molecule is CC(C)[C@H](NC(=O)C(Cc1ccccc1)NC(=O)CCc1cccc(Cl)c1)C(=O)C(F)(F)C(=O)NCCN1CCOCC1. The Morgan fingerprint density at radius 2 is 1.65 bits per heavy atom. The first kappa shape index (κ1) is 34.1. The summed E-state index contributed by atoms with van der Waals surface area (Å²) in [6, 6.07) is 13.1. The van der Waals surface area contributed by atoms with Gasteiger partial charge in [-0.2, -0.15) is 8.78 Å². The molecule has 234 valence electrons. The number of Topliss-reactive ketones (excluding diaryl/α,β-unsaturated/α-hetero) is 1. The summed E-state index contributed by atoms with van der Waals surface area (Å²) in [6.07, 6.45) is 0.479. The Morgan fingerprint density at radius 1 is 0.977 bits per heavy atom. The third-order valence-electron chi connectivity index (χ3n) is 7.12. The van der Waals surface area contributed by atoms with Crippen LogP contribution in [-0.4, -0.2) is 85.8 Å². The third-order valence-corrected chi connectivity index (χ3v) is 7.36. The molecule has 2 atom stereocenters. The van der Waals surface area contributed by atoms with Crippen molar-refractivity contribution < 1.29 is 32.7 Å². The number of morpholine rings is 1. The zero-order valence-corrected chi connectivity index (χ0v) is 25.2. The van der Waals surface area contributed by atoms with Crippen LogP contribution < -0.4 is 16.0 Å². The van der Waals surface area contributed by atoms with Crippen LogP contribution in [0.15, 0.2) is 54.6 Å². The summed E-state index contributed by atoms with van der Waals surface area (Å²) in [4.78, 5) is 53.6. The Kier molecular flexibility index (Phi) is 13.0. The molecule has 0 spiro atoms. The summed E-state index contributed by atoms with van der Waals surface area (Å²) in [6.45, 7) is 5.53. The molecule has 12 heteroatoms. The fraction of sp³-hybridized carbons (Fsp3) is 0.484. The number of ether oxygens (including phenoxy) is 1. The van der Waals surface area contributed by atoms with Crippen molar-refractivity contribution >= 4 is 35.1 Å². The smallest absolute Gasteiger partial charge is 0.379 e. The lowest BCUT2D eigenvalue weighted by Crippen LogP contribution is -2.59. The van der Waals surface area contributed by atoms with Gasteiger partial charge in [-0.15, -0.1) is 0 Å². The molecule has 2 aromatic rings. The number of hydrogen-bond acceptors (Lipinski definition) is 6. The van der Waals surface area contributed by atoms with Gasteiger partial charge in [0, 0.05) is 44.0 Å². The van der Waals surface area contributed by atoms with Crippen LogP contribution >= 0.6 is 11.6 Å². The highest BCUT2D eigenvalue weighted by molar-refractivity contribution is 6.30. The van der Waals surface area contributed by atoms with Gasteiger partial charge in [0.05, 0.1) is 19.3 Å². The largest absolute Gasteiger partial charge is 0.383 e. The minimum Gasteiger partial charge on any atom is -0.379 e. The molecule has 2 aromatic carbocycles. The molecule has 1 fully saturated rings. The molecule has 43 heavy (non-hydrogen) atoms. The van der Waals surface area contributed by atoms with E-state index in [2.05, 4.69) is 16.0 Å². The van der Waals surface area contributed by atoms with Crippen molar-refractivity contribution in [2.24, 2.45) is 5.92 Å². The number of benzene rings is 2. The second kappa shape index (κ2) is 16.4. The van der Waals surface area contributed by atoms with Crippen LogP contribution in [0.1, 0.15) is 31.4 Å². The molecule has 0 bridgehead atoms. The summed E-state index contributed by atoms with van der Waals surface area (Å²) in [5, 5.41) is 7.74. The molecule has 0 radical (unpaired) electrons. The van der Waals surface area contributed by atoms with E-state index in [9.17, 15) is 19.2 Å². The molecule has 1 heterocycles. The van der Waals surface area contributed by atoms with Crippen molar-refractivity contribution in [1.82, 2.24) is 20.9 Å². The number of ketones is 1. The molecule has 1 aliphatic heterocycles. The van der Waals surface area contributed by atoms with Crippen LogP contribution in [0.3, 0.4) is 0 Å². The highest BCUT2D eigenvalue weighted by Gasteiger charge is 2.51. The molecule has 1 unspecified atom stereocenters. The monoisotopic (exact) mass is 620 g/mol. The molecule has 0 aliphatic carbocycles. The number of rotatable bonds is 15. The summed E-state index contributed by atoms with van der Waals surface area (Å²) in [5.74, 6) is -9.82. The van der Waals surface area contributed by atoms with E-state index in [1.165, 1.54) is 13.8 Å². The zero-order chi connectivity index (χ0) is 31.4. The van der Waals surface area contributed by atoms with Gasteiger partial charge in [-0.3, -0.25) is 24.1 Å². The van der Waals surface area contributed by atoms with Gasteiger partial charge in [-0.05, 0) is 35.6 Å². The number of halogens is 3. The van der Waals surface area contributed by atoms with E-state index in [0.717, 1.165) is 11.1 Å². The maximum Gasteiger partial charge on any atom is 0.383 e. The predicted octanol–water partition coefficient (Wildman–Crippen LogP) is 2.79. The van der Waals surface area contributed by atoms with E-state index in [0.29, 0.717) is 44.3 Å². The van der Waals surface area contributed by atoms with Crippen molar-refractivity contribution in [1.29, 1.82) is 0 Å². The molecule has 3 amide bonds. The molecule has 9 nitrogen and oxygen atoms in total. The van der Waals surface area contributed by atoms with Gasteiger partial charge in [-0.25, -0.2) is 0 Å². The number of carbonyl (C=O) groups is 4. The maximum absolute atomic E-state index is 15.1. The van der Waals surface area contributed by atoms with Gasteiger partial charge in [0.25, 0.3) is 5.91 Å². The van der Waals surface area contributed by atoms with Gasteiger partial charge in [0.15, 0.2) is 0 Å². The fourth-order valence-electron chi connectivity index (χ4n) is 4.64. The number of nitrogens with one attached hydrogen (secondary N) is 3. The number of hydrogen-bond donors (Lipinski definition) is 3. The number of alkyl halides is 2. The lowest BCUT2D eigenvalue weighted by molar-refractivity contribution is -0.161. The Hall–Kier alpha value is -3.41. The Bertz CT molecular complexity index is 1240. The minimum atomic E-state index is -4.37. The van der Waals surface area contributed by atoms with Crippen molar-refractivity contribution in [2.75, 3.05) is 39.4 Å². The second-order valence-electron chi connectivity index (χ2n) is 10.8. The first-order chi connectivity index (χ1) is 20.5. The van der Waals surface area contributed by atoms with E-state index >= 15 is 8.78 Å². The van der Waals surface area contributed by atoms with Gasteiger partial charge in [-0.1, -0.05) is 67.9 Å². The zero-order valence-electron chi connectivity index (χ0n) is 24.4. The Labute approximate surface area is 255 Å². The van der Waals surface area contributed by atoms with Crippen LogP contribution in [0.25, 0.3) is 0 Å². The molecule has 1 aliphatic rings. The minimum absolute atomic E-state index is 0.0497. The first-order valence-electron chi connectivity index (χ1n) is 14.4. The van der Waals surface area contributed by atoms with Crippen molar-refractivity contribution in [3.8, 4) is 0 Å². The van der Waals surface area contributed by atoms with Crippen LogP contribution in [0.4, 0.5) is 8.78 Å². The van der Waals surface area contributed by atoms with Crippen molar-refractivity contribution in [3.63, 3.8) is 0 Å². The average Bonchev–Trinajstić information content (AvgIpc) is 2.99. The predicted molar refractivity (Wildman–Crippen MR) is 159 cm³/mol. The highest BCUT2D eigenvalue weighted by Crippen LogP contribution is 2.21. The molecule has 3 rings (SSSR count). The van der Waals surface area contributed by atoms with E-state index in [1.54, 1.807) is 48.5 Å². The third kappa shape index (κ3) is 10.7. The molecular weight excluding hydrogens is 582 g/mol. The van der Waals surface area contributed by atoms with Gasteiger partial charge < -0.3 is 20.7 Å². The Morgan fingerprint density at radius 3 is 2.30 bits per heavy atom. The second-order valence-corrected chi connectivity index (χ2v) is 11.3. The summed E-state index contributed by atoms with van der Waals surface area (Å²) >= 11 is 6.02. The van der Waals surface area contributed by atoms with Gasteiger partial charge in [0.2, 0.25) is 17.6 Å². The number of nitrogens with zero attached hydrogens (tertiary/aromatic N) is 1. The quantitative estimate of drug-likeness (QED) is 0.264. The molecule has 3 N–H and O–H groups in total. The number of amides is 3. The van der Waals surface area contributed by atoms with E-state index in [1.807, 2.05) is 11.0 Å². The standard InChI is InChI=1S/C31H39ClF2N4O5/c1-21(2)27(28(40)31(33,34)30(42)35-13-14-38-15-17-43-18-16-38)37-29(41)25(20-22-7-4-3-5-8-22)36-26(39)12-11-23-9-6-10-24(32)19-23/h3-10,19,21,25,27H,11-18,20H2,1-2H3,(H,35,42)(H,36,39)(H,37,41)/t25?,27-/m0/s1. The van der Waals surface area contributed by atoms with Crippen molar-refractivity contribution in [2.45, 2.75) is 51.1 Å². The van der Waals surface area contributed by atoms with Crippen LogP contribution in [0.2, 0.25) is 5.02 Å².